The topological polar surface area (TPSA) is 62.2 Å². The van der Waals surface area contributed by atoms with Gasteiger partial charge in [-0.3, -0.25) is 9.78 Å². The molecule has 1 aliphatic carbocycles. The van der Waals surface area contributed by atoms with Gasteiger partial charge in [-0.25, -0.2) is 0 Å². The predicted octanol–water partition coefficient (Wildman–Crippen LogP) is 1.77. The van der Waals surface area contributed by atoms with E-state index >= 15 is 0 Å². The summed E-state index contributed by atoms with van der Waals surface area (Å²) in [6.07, 6.45) is 6.12. The van der Waals surface area contributed by atoms with Crippen LogP contribution in [0.2, 0.25) is 5.02 Å². The zero-order valence-electron chi connectivity index (χ0n) is 9.40. The summed E-state index contributed by atoms with van der Waals surface area (Å²) in [6, 6.07) is 1.41. The second kappa shape index (κ2) is 5.47. The van der Waals surface area contributed by atoms with Gasteiger partial charge in [-0.2, -0.15) is 0 Å². The molecule has 1 amide bonds. The Bertz CT molecular complexity index is 411. The fraction of sp³-hybridized carbons (Fsp3) is 0.500. The van der Waals surface area contributed by atoms with Crippen LogP contribution < -0.4 is 5.32 Å². The summed E-state index contributed by atoms with van der Waals surface area (Å²) in [5.74, 6) is -0.247. The van der Waals surface area contributed by atoms with Gasteiger partial charge in [0.25, 0.3) is 5.91 Å². The lowest BCUT2D eigenvalue weighted by Crippen LogP contribution is -2.45. The van der Waals surface area contributed by atoms with E-state index in [1.807, 2.05) is 0 Å². The van der Waals surface area contributed by atoms with E-state index in [2.05, 4.69) is 10.3 Å². The minimum absolute atomic E-state index is 0.166. The van der Waals surface area contributed by atoms with E-state index in [0.29, 0.717) is 10.6 Å². The fourth-order valence-electron chi connectivity index (χ4n) is 2.09. The highest BCUT2D eigenvalue weighted by atomic mass is 35.5. The van der Waals surface area contributed by atoms with Gasteiger partial charge in [0.05, 0.1) is 22.7 Å². The third kappa shape index (κ3) is 2.96. The maximum atomic E-state index is 11.9. The Morgan fingerprint density at radius 1 is 1.47 bits per heavy atom. The zero-order valence-corrected chi connectivity index (χ0v) is 10.2. The van der Waals surface area contributed by atoms with E-state index in [4.69, 9.17) is 11.6 Å². The molecule has 1 fully saturated rings. The van der Waals surface area contributed by atoms with Crippen molar-refractivity contribution >= 4 is 17.5 Å². The van der Waals surface area contributed by atoms with Crippen LogP contribution in [0.3, 0.4) is 0 Å². The van der Waals surface area contributed by atoms with E-state index in [-0.39, 0.29) is 11.9 Å². The third-order valence-electron chi connectivity index (χ3n) is 3.06. The fourth-order valence-corrected chi connectivity index (χ4v) is 2.29. The van der Waals surface area contributed by atoms with Crippen molar-refractivity contribution in [3.05, 3.63) is 29.0 Å². The van der Waals surface area contributed by atoms with Crippen LogP contribution in [0.1, 0.15) is 36.0 Å². The molecule has 0 radical (unpaired) electrons. The molecule has 0 spiro atoms. The minimum Gasteiger partial charge on any atom is -0.391 e. The van der Waals surface area contributed by atoms with Crippen LogP contribution in [0, 0.1) is 0 Å². The number of carbonyl (C=O) groups is 1. The summed E-state index contributed by atoms with van der Waals surface area (Å²) in [5.41, 5.74) is 0.402. The number of pyridine rings is 1. The quantitative estimate of drug-likeness (QED) is 0.846. The first kappa shape index (κ1) is 12.3. The van der Waals surface area contributed by atoms with Crippen molar-refractivity contribution in [2.45, 2.75) is 37.8 Å². The molecule has 1 aromatic rings. The molecule has 92 valence electrons. The monoisotopic (exact) mass is 254 g/mol. The number of nitrogens with one attached hydrogen (secondary N) is 1. The van der Waals surface area contributed by atoms with Crippen molar-refractivity contribution in [3.8, 4) is 0 Å². The summed E-state index contributed by atoms with van der Waals surface area (Å²) < 4.78 is 0. The third-order valence-corrected chi connectivity index (χ3v) is 3.36. The molecule has 0 bridgehead atoms. The number of carbonyl (C=O) groups excluding carboxylic acids is 1. The molecule has 17 heavy (non-hydrogen) atoms. The van der Waals surface area contributed by atoms with E-state index < -0.39 is 6.10 Å². The largest absolute Gasteiger partial charge is 0.391 e. The molecular formula is C12H15ClN2O2. The predicted molar refractivity (Wildman–Crippen MR) is 65.0 cm³/mol. The van der Waals surface area contributed by atoms with Gasteiger partial charge in [-0.05, 0) is 18.9 Å². The summed E-state index contributed by atoms with van der Waals surface area (Å²) in [6.45, 7) is 0. The minimum atomic E-state index is -0.451. The first-order valence-electron chi connectivity index (χ1n) is 5.77. The molecule has 0 unspecified atom stereocenters. The molecule has 0 saturated heterocycles. The first-order chi connectivity index (χ1) is 8.18. The smallest absolute Gasteiger partial charge is 0.253 e. The van der Waals surface area contributed by atoms with Crippen molar-refractivity contribution in [1.29, 1.82) is 0 Å². The lowest BCUT2D eigenvalue weighted by atomic mass is 9.92. The van der Waals surface area contributed by atoms with Gasteiger partial charge in [-0.15, -0.1) is 0 Å². The van der Waals surface area contributed by atoms with Crippen LogP contribution in [0.15, 0.2) is 18.5 Å². The summed E-state index contributed by atoms with van der Waals surface area (Å²) in [4.78, 5) is 15.8. The molecule has 0 aromatic carbocycles. The van der Waals surface area contributed by atoms with E-state index in [0.717, 1.165) is 25.7 Å². The first-order valence-corrected chi connectivity index (χ1v) is 6.14. The van der Waals surface area contributed by atoms with E-state index in [1.54, 1.807) is 6.07 Å². The Labute approximate surface area is 105 Å². The molecule has 0 aliphatic heterocycles. The van der Waals surface area contributed by atoms with Gasteiger partial charge >= 0.3 is 0 Å². The van der Waals surface area contributed by atoms with Gasteiger partial charge in [0, 0.05) is 12.4 Å². The Balaban J connectivity index is 2.04. The maximum Gasteiger partial charge on any atom is 0.253 e. The highest BCUT2D eigenvalue weighted by molar-refractivity contribution is 6.33. The maximum absolute atomic E-state index is 11.9. The number of halogens is 1. The number of hydrogen-bond acceptors (Lipinski definition) is 3. The van der Waals surface area contributed by atoms with Crippen LogP contribution in [0.5, 0.6) is 0 Å². The highest BCUT2D eigenvalue weighted by Gasteiger charge is 2.25. The number of nitrogens with zero attached hydrogens (tertiary/aromatic N) is 1. The van der Waals surface area contributed by atoms with E-state index in [1.165, 1.54) is 12.4 Å². The lowest BCUT2D eigenvalue weighted by molar-refractivity contribution is 0.0717. The highest BCUT2D eigenvalue weighted by Crippen LogP contribution is 2.20. The standard InChI is InChI=1S/C12H15ClN2O2/c13-9-7-14-6-5-8(9)12(17)15-10-3-1-2-4-11(10)16/h5-7,10-11,16H,1-4H2,(H,15,17)/t10-,11-/m0/s1. The van der Waals surface area contributed by atoms with Gasteiger partial charge in [0.1, 0.15) is 0 Å². The van der Waals surface area contributed by atoms with Gasteiger partial charge in [0.15, 0.2) is 0 Å². The van der Waals surface area contributed by atoms with Gasteiger partial charge in [-0.1, -0.05) is 24.4 Å². The number of aliphatic hydroxyl groups excluding tert-OH is 1. The second-order valence-electron chi connectivity index (χ2n) is 4.29. The number of aliphatic hydroxyl groups is 1. The Morgan fingerprint density at radius 2 is 2.24 bits per heavy atom. The molecule has 5 heteroatoms. The van der Waals surface area contributed by atoms with Crippen LogP contribution in [-0.2, 0) is 0 Å². The number of amides is 1. The molecule has 1 aliphatic rings. The Morgan fingerprint density at radius 3 is 2.94 bits per heavy atom. The number of rotatable bonds is 2. The lowest BCUT2D eigenvalue weighted by Gasteiger charge is -2.28. The summed E-state index contributed by atoms with van der Waals surface area (Å²) in [5, 5.41) is 12.9. The molecule has 2 atom stereocenters. The average molecular weight is 255 g/mol. The van der Waals surface area contributed by atoms with Crippen molar-refractivity contribution < 1.29 is 9.90 Å². The second-order valence-corrected chi connectivity index (χ2v) is 4.69. The average Bonchev–Trinajstić information content (AvgIpc) is 2.32. The molecule has 1 saturated carbocycles. The number of hydrogen-bond donors (Lipinski definition) is 2. The Hall–Kier alpha value is -1.13. The van der Waals surface area contributed by atoms with Crippen LogP contribution in [0.4, 0.5) is 0 Å². The van der Waals surface area contributed by atoms with Crippen LogP contribution in [-0.4, -0.2) is 28.1 Å². The van der Waals surface area contributed by atoms with Crippen molar-refractivity contribution in [3.63, 3.8) is 0 Å². The van der Waals surface area contributed by atoms with Crippen LogP contribution >= 0.6 is 11.6 Å². The van der Waals surface area contributed by atoms with Gasteiger partial charge in [0.2, 0.25) is 0 Å². The van der Waals surface area contributed by atoms with Crippen LogP contribution in [0.25, 0.3) is 0 Å². The molecular weight excluding hydrogens is 240 g/mol. The summed E-state index contributed by atoms with van der Waals surface area (Å²) in [7, 11) is 0. The van der Waals surface area contributed by atoms with Crippen molar-refractivity contribution in [1.82, 2.24) is 10.3 Å². The molecule has 2 N–H and O–H groups in total. The van der Waals surface area contributed by atoms with Crippen molar-refractivity contribution in [2.24, 2.45) is 0 Å². The Kier molecular flexibility index (Phi) is 3.97. The normalized spacial score (nSPS) is 24.4. The molecule has 1 heterocycles. The molecule has 4 nitrogen and oxygen atoms in total. The number of aromatic nitrogens is 1. The zero-order chi connectivity index (χ0) is 12.3. The van der Waals surface area contributed by atoms with Crippen molar-refractivity contribution in [2.75, 3.05) is 0 Å². The molecule has 2 rings (SSSR count). The van der Waals surface area contributed by atoms with E-state index in [9.17, 15) is 9.90 Å². The SMILES string of the molecule is O=C(N[C@H]1CCCC[C@@H]1O)c1ccncc1Cl. The summed E-state index contributed by atoms with van der Waals surface area (Å²) >= 11 is 5.89. The molecule has 1 aromatic heterocycles. The van der Waals surface area contributed by atoms with Gasteiger partial charge < -0.3 is 10.4 Å².